The van der Waals surface area contributed by atoms with Gasteiger partial charge >= 0.3 is 0 Å². The average molecular weight is 229 g/mol. The topological polar surface area (TPSA) is 98.3 Å². The van der Waals surface area contributed by atoms with E-state index in [4.69, 9.17) is 17.2 Å². The van der Waals surface area contributed by atoms with Crippen molar-refractivity contribution in [2.24, 2.45) is 29.0 Å². The molecule has 1 saturated carbocycles. The fourth-order valence-corrected chi connectivity index (χ4v) is 2.83. The molecule has 1 rings (SSSR count). The Morgan fingerprint density at radius 3 is 2.31 bits per heavy atom. The molecule has 1 aliphatic carbocycles. The molecule has 7 N–H and O–H groups in total. The molecule has 1 fully saturated rings. The number of nitrogens with two attached hydrogens (primary N) is 3. The van der Waals surface area contributed by atoms with E-state index in [9.17, 15) is 5.11 Å². The Morgan fingerprint density at radius 2 is 1.81 bits per heavy atom. The van der Waals surface area contributed by atoms with Crippen molar-refractivity contribution in [3.8, 4) is 0 Å². The van der Waals surface area contributed by atoms with Crippen molar-refractivity contribution < 1.29 is 5.11 Å². The highest BCUT2D eigenvalue weighted by atomic mass is 16.3. The second-order valence-electron chi connectivity index (χ2n) is 5.39. The Labute approximate surface area is 98.6 Å². The van der Waals surface area contributed by atoms with E-state index in [0.717, 1.165) is 32.1 Å². The van der Waals surface area contributed by atoms with Crippen molar-refractivity contribution >= 4 is 0 Å². The third-order valence-electron chi connectivity index (χ3n) is 3.80. The smallest absolute Gasteiger partial charge is 0.0662 e. The van der Waals surface area contributed by atoms with Gasteiger partial charge in [0.05, 0.1) is 6.10 Å². The van der Waals surface area contributed by atoms with E-state index in [1.807, 2.05) is 0 Å². The van der Waals surface area contributed by atoms with Gasteiger partial charge in [-0.05, 0) is 37.5 Å². The number of hydrogen-bond donors (Lipinski definition) is 4. The number of aliphatic hydroxyl groups excluding tert-OH is 1. The predicted octanol–water partition coefficient (Wildman–Crippen LogP) is 0.177. The van der Waals surface area contributed by atoms with Crippen LogP contribution in [0.2, 0.25) is 0 Å². The molecule has 0 amide bonds. The molecule has 96 valence electrons. The molecule has 0 spiro atoms. The monoisotopic (exact) mass is 229 g/mol. The summed E-state index contributed by atoms with van der Waals surface area (Å²) >= 11 is 0. The molecule has 0 aromatic carbocycles. The van der Waals surface area contributed by atoms with Gasteiger partial charge in [0, 0.05) is 18.6 Å². The Balaban J connectivity index is 2.29. The molecule has 16 heavy (non-hydrogen) atoms. The summed E-state index contributed by atoms with van der Waals surface area (Å²) in [5, 5.41) is 9.37. The lowest BCUT2D eigenvalue weighted by Crippen LogP contribution is -2.48. The van der Waals surface area contributed by atoms with Gasteiger partial charge in [-0.25, -0.2) is 0 Å². The van der Waals surface area contributed by atoms with Crippen molar-refractivity contribution in [3.05, 3.63) is 0 Å². The third kappa shape index (κ3) is 4.01. The first-order chi connectivity index (χ1) is 7.54. The summed E-state index contributed by atoms with van der Waals surface area (Å²) in [5.74, 6) is 1.07. The molecular weight excluding hydrogens is 202 g/mol. The summed E-state index contributed by atoms with van der Waals surface area (Å²) < 4.78 is 0. The zero-order valence-corrected chi connectivity index (χ0v) is 10.3. The van der Waals surface area contributed by atoms with Gasteiger partial charge in [-0.2, -0.15) is 0 Å². The maximum absolute atomic E-state index is 9.37. The first-order valence-electron chi connectivity index (χ1n) is 6.43. The minimum absolute atomic E-state index is 0.230. The van der Waals surface area contributed by atoms with Crippen LogP contribution in [-0.2, 0) is 0 Å². The SMILES string of the molecule is CC1CC(N)C(CCCC(O)CN)C(N)C1. The number of rotatable bonds is 5. The lowest BCUT2D eigenvalue weighted by Gasteiger charge is -2.37. The van der Waals surface area contributed by atoms with Gasteiger partial charge in [0.2, 0.25) is 0 Å². The van der Waals surface area contributed by atoms with Crippen LogP contribution in [0.5, 0.6) is 0 Å². The van der Waals surface area contributed by atoms with E-state index in [1.165, 1.54) is 0 Å². The Bertz CT molecular complexity index is 189. The molecule has 3 atom stereocenters. The zero-order valence-electron chi connectivity index (χ0n) is 10.3. The van der Waals surface area contributed by atoms with Gasteiger partial charge in [0.1, 0.15) is 0 Å². The fourth-order valence-electron chi connectivity index (χ4n) is 2.83. The lowest BCUT2D eigenvalue weighted by molar-refractivity contribution is 0.154. The highest BCUT2D eigenvalue weighted by Gasteiger charge is 2.31. The summed E-state index contributed by atoms with van der Waals surface area (Å²) in [6, 6.07) is 0.461. The van der Waals surface area contributed by atoms with Crippen LogP contribution in [0.4, 0.5) is 0 Å². The van der Waals surface area contributed by atoms with Crippen molar-refractivity contribution in [2.75, 3.05) is 6.54 Å². The van der Waals surface area contributed by atoms with Gasteiger partial charge in [-0.3, -0.25) is 0 Å². The van der Waals surface area contributed by atoms with E-state index in [1.54, 1.807) is 0 Å². The van der Waals surface area contributed by atoms with E-state index >= 15 is 0 Å². The van der Waals surface area contributed by atoms with Gasteiger partial charge in [0.15, 0.2) is 0 Å². The molecule has 0 aliphatic heterocycles. The molecule has 0 bridgehead atoms. The van der Waals surface area contributed by atoms with Crippen LogP contribution >= 0.6 is 0 Å². The molecule has 0 heterocycles. The summed E-state index contributed by atoms with van der Waals surface area (Å²) in [7, 11) is 0. The van der Waals surface area contributed by atoms with Crippen LogP contribution in [-0.4, -0.2) is 29.8 Å². The molecular formula is C12H27N3O. The van der Waals surface area contributed by atoms with Gasteiger partial charge in [-0.15, -0.1) is 0 Å². The van der Waals surface area contributed by atoms with E-state index in [2.05, 4.69) is 6.92 Å². The highest BCUT2D eigenvalue weighted by molar-refractivity contribution is 4.89. The quantitative estimate of drug-likeness (QED) is 0.540. The molecule has 1 aliphatic rings. The van der Waals surface area contributed by atoms with Crippen molar-refractivity contribution in [1.82, 2.24) is 0 Å². The van der Waals surface area contributed by atoms with E-state index in [0.29, 0.717) is 18.4 Å². The average Bonchev–Trinajstić information content (AvgIpc) is 2.21. The van der Waals surface area contributed by atoms with Gasteiger partial charge in [-0.1, -0.05) is 13.3 Å². The number of hydrogen-bond acceptors (Lipinski definition) is 4. The first kappa shape index (κ1) is 13.9. The molecule has 3 unspecified atom stereocenters. The van der Waals surface area contributed by atoms with Crippen LogP contribution in [0.15, 0.2) is 0 Å². The normalized spacial score (nSPS) is 37.3. The highest BCUT2D eigenvalue weighted by Crippen LogP contribution is 2.30. The molecule has 0 radical (unpaired) electrons. The number of aliphatic hydroxyl groups is 1. The molecule has 4 heteroatoms. The van der Waals surface area contributed by atoms with Crippen molar-refractivity contribution in [2.45, 2.75) is 57.2 Å². The zero-order chi connectivity index (χ0) is 12.1. The van der Waals surface area contributed by atoms with Crippen LogP contribution in [0.1, 0.15) is 39.0 Å². The maximum Gasteiger partial charge on any atom is 0.0662 e. The van der Waals surface area contributed by atoms with Crippen LogP contribution in [0.25, 0.3) is 0 Å². The standard InChI is InChI=1S/C12H27N3O/c1-8-5-11(14)10(12(15)6-8)4-2-3-9(16)7-13/h8-12,16H,2-7,13-15H2,1H3. The van der Waals surface area contributed by atoms with Crippen LogP contribution < -0.4 is 17.2 Å². The minimum Gasteiger partial charge on any atom is -0.392 e. The van der Waals surface area contributed by atoms with Crippen molar-refractivity contribution in [1.29, 1.82) is 0 Å². The lowest BCUT2D eigenvalue weighted by atomic mass is 9.74. The summed E-state index contributed by atoms with van der Waals surface area (Å²) in [6.07, 6.45) is 4.55. The molecule has 0 aromatic heterocycles. The molecule has 4 nitrogen and oxygen atoms in total. The first-order valence-corrected chi connectivity index (χ1v) is 6.43. The Morgan fingerprint density at radius 1 is 1.25 bits per heavy atom. The van der Waals surface area contributed by atoms with Gasteiger partial charge < -0.3 is 22.3 Å². The van der Waals surface area contributed by atoms with Crippen LogP contribution in [0, 0.1) is 11.8 Å². The largest absolute Gasteiger partial charge is 0.392 e. The maximum atomic E-state index is 9.37. The summed E-state index contributed by atoms with van der Waals surface area (Å²) in [6.45, 7) is 2.56. The Kier molecular flexibility index (Phi) is 5.69. The molecule has 0 aromatic rings. The minimum atomic E-state index is -0.366. The van der Waals surface area contributed by atoms with E-state index in [-0.39, 0.29) is 18.2 Å². The predicted molar refractivity (Wildman–Crippen MR) is 66.8 cm³/mol. The second-order valence-corrected chi connectivity index (χ2v) is 5.39. The Hall–Kier alpha value is -0.160. The fraction of sp³-hybridized carbons (Fsp3) is 1.00. The molecule has 0 saturated heterocycles. The third-order valence-corrected chi connectivity index (χ3v) is 3.80. The van der Waals surface area contributed by atoms with Crippen LogP contribution in [0.3, 0.4) is 0 Å². The second kappa shape index (κ2) is 6.55. The van der Waals surface area contributed by atoms with E-state index < -0.39 is 0 Å². The van der Waals surface area contributed by atoms with Gasteiger partial charge in [0.25, 0.3) is 0 Å². The summed E-state index contributed by atoms with van der Waals surface area (Å²) in [4.78, 5) is 0. The summed E-state index contributed by atoms with van der Waals surface area (Å²) in [5.41, 5.74) is 17.6. The van der Waals surface area contributed by atoms with Crippen molar-refractivity contribution in [3.63, 3.8) is 0 Å².